The number of halogens is 1. The highest BCUT2D eigenvalue weighted by atomic mass is 32.2. The van der Waals surface area contributed by atoms with Crippen LogP contribution < -0.4 is 0 Å². The molecule has 2 nitrogen and oxygen atoms in total. The Morgan fingerprint density at radius 2 is 2.06 bits per heavy atom. The summed E-state index contributed by atoms with van der Waals surface area (Å²) in [4.78, 5) is 2.31. The van der Waals surface area contributed by atoms with Gasteiger partial charge in [0, 0.05) is 30.1 Å². The van der Waals surface area contributed by atoms with Crippen LogP contribution >= 0.6 is 11.8 Å². The van der Waals surface area contributed by atoms with E-state index in [2.05, 4.69) is 24.8 Å². The molecule has 1 aliphatic rings. The van der Waals surface area contributed by atoms with Gasteiger partial charge in [-0.05, 0) is 23.8 Å². The third-order valence-corrected chi connectivity index (χ3v) is 4.30. The first-order chi connectivity index (χ1) is 8.58. The van der Waals surface area contributed by atoms with E-state index in [0.717, 1.165) is 18.7 Å². The lowest BCUT2D eigenvalue weighted by Crippen LogP contribution is -2.39. The number of thioether (sulfide) groups is 1. The van der Waals surface area contributed by atoms with Gasteiger partial charge in [0.15, 0.2) is 0 Å². The number of rotatable bonds is 2. The lowest BCUT2D eigenvalue weighted by molar-refractivity contribution is 0.262. The van der Waals surface area contributed by atoms with Gasteiger partial charge in [-0.15, -0.1) is 0 Å². The van der Waals surface area contributed by atoms with Crippen LogP contribution in [-0.2, 0) is 6.54 Å². The molecule has 0 amide bonds. The molecule has 2 unspecified atom stereocenters. The zero-order valence-electron chi connectivity index (χ0n) is 10.7. The predicted octanol–water partition coefficient (Wildman–Crippen LogP) is 3.02. The fourth-order valence-corrected chi connectivity index (χ4v) is 3.84. The van der Waals surface area contributed by atoms with E-state index in [9.17, 15) is 4.39 Å². The summed E-state index contributed by atoms with van der Waals surface area (Å²) < 4.78 is 13.3. The molecular formula is C14H17FN2S. The summed E-state index contributed by atoms with van der Waals surface area (Å²) in [6, 6.07) is 6.53. The molecule has 1 aliphatic heterocycles. The Bertz CT molecular complexity index is 459. The zero-order valence-corrected chi connectivity index (χ0v) is 11.5. The average Bonchev–Trinajstić information content (AvgIpc) is 2.27. The quantitative estimate of drug-likeness (QED) is 0.821. The largest absolute Gasteiger partial charge is 0.297 e. The summed E-state index contributed by atoms with van der Waals surface area (Å²) in [5.74, 6) is -0.267. The number of nitriles is 1. The van der Waals surface area contributed by atoms with Crippen LogP contribution in [0.3, 0.4) is 0 Å². The maximum atomic E-state index is 13.3. The van der Waals surface area contributed by atoms with E-state index < -0.39 is 0 Å². The van der Waals surface area contributed by atoms with Gasteiger partial charge < -0.3 is 0 Å². The Kier molecular flexibility index (Phi) is 4.26. The highest BCUT2D eigenvalue weighted by Gasteiger charge is 2.22. The van der Waals surface area contributed by atoms with Gasteiger partial charge in [-0.25, -0.2) is 4.39 Å². The molecule has 2 rings (SSSR count). The van der Waals surface area contributed by atoms with Crippen LogP contribution in [0.1, 0.15) is 25.0 Å². The fraction of sp³-hybridized carbons (Fsp3) is 0.500. The molecule has 96 valence electrons. The minimum absolute atomic E-state index is 0.267. The van der Waals surface area contributed by atoms with Gasteiger partial charge in [-0.1, -0.05) is 13.8 Å². The first-order valence-electron chi connectivity index (χ1n) is 6.15. The van der Waals surface area contributed by atoms with Crippen molar-refractivity contribution in [3.05, 3.63) is 35.1 Å². The second kappa shape index (κ2) is 5.73. The molecule has 1 aromatic rings. The summed E-state index contributed by atoms with van der Waals surface area (Å²) in [5.41, 5.74) is 1.37. The number of hydrogen-bond acceptors (Lipinski definition) is 3. The van der Waals surface area contributed by atoms with Crippen molar-refractivity contribution in [1.29, 1.82) is 5.26 Å². The van der Waals surface area contributed by atoms with Gasteiger partial charge in [-0.2, -0.15) is 17.0 Å². The van der Waals surface area contributed by atoms with Crippen molar-refractivity contribution in [3.8, 4) is 6.07 Å². The van der Waals surface area contributed by atoms with Gasteiger partial charge >= 0.3 is 0 Å². The van der Waals surface area contributed by atoms with Crippen LogP contribution in [0, 0.1) is 17.1 Å². The highest BCUT2D eigenvalue weighted by molar-refractivity contribution is 8.00. The van der Waals surface area contributed by atoms with Gasteiger partial charge in [-0.3, -0.25) is 4.90 Å². The van der Waals surface area contributed by atoms with Crippen molar-refractivity contribution in [1.82, 2.24) is 4.90 Å². The topological polar surface area (TPSA) is 27.0 Å². The lowest BCUT2D eigenvalue weighted by atomic mass is 10.1. The van der Waals surface area contributed by atoms with E-state index in [0.29, 0.717) is 22.6 Å². The number of nitrogens with zero attached hydrogens (tertiary/aromatic N) is 2. The van der Waals surface area contributed by atoms with Crippen LogP contribution in [0.5, 0.6) is 0 Å². The standard InChI is InChI=1S/C14H17FN2S/c1-10-7-17(8-11(2)18-10)9-13-5-14(15)4-3-12(13)6-16/h3-5,10-11H,7-9H2,1-2H3. The summed E-state index contributed by atoms with van der Waals surface area (Å²) in [7, 11) is 0. The summed E-state index contributed by atoms with van der Waals surface area (Å²) in [5, 5.41) is 10.2. The second-order valence-electron chi connectivity index (χ2n) is 4.86. The van der Waals surface area contributed by atoms with Gasteiger partial charge in [0.2, 0.25) is 0 Å². The maximum Gasteiger partial charge on any atom is 0.123 e. The molecule has 0 aromatic heterocycles. The fourth-order valence-electron chi connectivity index (χ4n) is 2.46. The van der Waals surface area contributed by atoms with Crippen molar-refractivity contribution >= 4 is 11.8 Å². The molecule has 0 aliphatic carbocycles. The summed E-state index contributed by atoms with van der Waals surface area (Å²) >= 11 is 1.99. The first-order valence-corrected chi connectivity index (χ1v) is 7.09. The van der Waals surface area contributed by atoms with Gasteiger partial charge in [0.05, 0.1) is 11.6 Å². The molecule has 1 aromatic carbocycles. The Balaban J connectivity index is 2.13. The average molecular weight is 264 g/mol. The first kappa shape index (κ1) is 13.4. The van der Waals surface area contributed by atoms with E-state index in [4.69, 9.17) is 5.26 Å². The summed E-state index contributed by atoms with van der Waals surface area (Å²) in [6.07, 6.45) is 0. The normalized spacial score (nSPS) is 24.8. The van der Waals surface area contributed by atoms with Crippen LogP contribution in [0.2, 0.25) is 0 Å². The van der Waals surface area contributed by atoms with Crippen molar-refractivity contribution < 1.29 is 4.39 Å². The molecule has 0 spiro atoms. The Labute approximate surface area is 112 Å². The molecular weight excluding hydrogens is 247 g/mol. The van der Waals surface area contributed by atoms with Crippen LogP contribution in [0.25, 0.3) is 0 Å². The third-order valence-electron chi connectivity index (χ3n) is 3.08. The molecule has 0 saturated carbocycles. The molecule has 0 bridgehead atoms. The number of hydrogen-bond donors (Lipinski definition) is 0. The SMILES string of the molecule is CC1CN(Cc2cc(F)ccc2C#N)CC(C)S1. The minimum Gasteiger partial charge on any atom is -0.297 e. The van der Waals surface area contributed by atoms with Crippen molar-refractivity contribution in [3.63, 3.8) is 0 Å². The van der Waals surface area contributed by atoms with E-state index >= 15 is 0 Å². The summed E-state index contributed by atoms with van der Waals surface area (Å²) in [6.45, 7) is 7.08. The zero-order chi connectivity index (χ0) is 13.1. The molecule has 4 heteroatoms. The van der Waals surface area contributed by atoms with Crippen molar-refractivity contribution in [2.75, 3.05) is 13.1 Å². The van der Waals surface area contributed by atoms with Crippen LogP contribution in [0.4, 0.5) is 4.39 Å². The monoisotopic (exact) mass is 264 g/mol. The van der Waals surface area contributed by atoms with Crippen molar-refractivity contribution in [2.45, 2.75) is 30.9 Å². The second-order valence-corrected chi connectivity index (χ2v) is 6.75. The minimum atomic E-state index is -0.267. The van der Waals surface area contributed by atoms with Gasteiger partial charge in [0.1, 0.15) is 5.82 Å². The molecule has 2 atom stereocenters. The highest BCUT2D eigenvalue weighted by Crippen LogP contribution is 2.26. The van der Waals surface area contributed by atoms with Crippen LogP contribution in [0.15, 0.2) is 18.2 Å². The molecule has 18 heavy (non-hydrogen) atoms. The van der Waals surface area contributed by atoms with E-state index in [1.165, 1.54) is 12.1 Å². The molecule has 0 radical (unpaired) electrons. The van der Waals surface area contributed by atoms with Crippen molar-refractivity contribution in [2.24, 2.45) is 0 Å². The Morgan fingerprint density at radius 3 is 2.67 bits per heavy atom. The van der Waals surface area contributed by atoms with Crippen LogP contribution in [-0.4, -0.2) is 28.5 Å². The third kappa shape index (κ3) is 3.24. The molecule has 1 saturated heterocycles. The van der Waals surface area contributed by atoms with E-state index in [-0.39, 0.29) is 5.82 Å². The van der Waals surface area contributed by atoms with E-state index in [1.54, 1.807) is 6.07 Å². The lowest BCUT2D eigenvalue weighted by Gasteiger charge is -2.34. The predicted molar refractivity (Wildman–Crippen MR) is 72.9 cm³/mol. The molecule has 1 heterocycles. The number of benzene rings is 1. The Hall–Kier alpha value is -1.05. The Morgan fingerprint density at radius 1 is 1.39 bits per heavy atom. The van der Waals surface area contributed by atoms with E-state index in [1.807, 2.05) is 11.8 Å². The maximum absolute atomic E-state index is 13.3. The smallest absolute Gasteiger partial charge is 0.123 e. The molecule has 1 fully saturated rings. The molecule has 0 N–H and O–H groups in total. The van der Waals surface area contributed by atoms with Gasteiger partial charge in [0.25, 0.3) is 0 Å².